The summed E-state index contributed by atoms with van der Waals surface area (Å²) in [5, 5.41) is 0. The molecule has 0 radical (unpaired) electrons. The van der Waals surface area contributed by atoms with E-state index in [0.29, 0.717) is 0 Å². The average Bonchev–Trinajstić information content (AvgIpc) is 2.62. The van der Waals surface area contributed by atoms with Gasteiger partial charge in [0.2, 0.25) is 0 Å². The molecule has 2 N–H and O–H groups in total. The van der Waals surface area contributed by atoms with E-state index in [-0.39, 0.29) is 6.04 Å². The van der Waals surface area contributed by atoms with Crippen molar-refractivity contribution < 1.29 is 4.74 Å². The monoisotopic (exact) mass is 437 g/mol. The first-order valence-electron chi connectivity index (χ1n) is 8.29. The summed E-state index contributed by atoms with van der Waals surface area (Å²) in [6.07, 6.45) is 0. The van der Waals surface area contributed by atoms with Gasteiger partial charge < -0.3 is 15.4 Å². The molecule has 0 aromatic heterocycles. The van der Waals surface area contributed by atoms with Gasteiger partial charge >= 0.3 is 0 Å². The average molecular weight is 437 g/mol. The Kier molecular flexibility index (Phi) is 5.97. The van der Waals surface area contributed by atoms with Crippen molar-refractivity contribution in [2.75, 3.05) is 44.7 Å². The Balaban J connectivity index is 1.56. The molecule has 3 rings (SSSR count). The first kappa shape index (κ1) is 17.5. The van der Waals surface area contributed by atoms with Crippen LogP contribution in [0.5, 0.6) is 5.75 Å². The van der Waals surface area contributed by atoms with Crippen LogP contribution in [0.15, 0.2) is 48.5 Å². The summed E-state index contributed by atoms with van der Waals surface area (Å²) < 4.78 is 6.57. The van der Waals surface area contributed by atoms with Crippen LogP contribution in [0.2, 0.25) is 0 Å². The van der Waals surface area contributed by atoms with Crippen LogP contribution in [0.4, 0.5) is 5.69 Å². The van der Waals surface area contributed by atoms with E-state index in [1.54, 1.807) is 7.11 Å². The number of benzene rings is 2. The SMILES string of the molecule is COc1cccc(N2CCN(CC(N)c3ccccc3I)CC2)c1. The first-order valence-corrected chi connectivity index (χ1v) is 9.36. The van der Waals surface area contributed by atoms with Gasteiger partial charge in [-0.05, 0) is 46.4 Å². The second kappa shape index (κ2) is 8.18. The molecule has 1 aliphatic rings. The van der Waals surface area contributed by atoms with Gasteiger partial charge in [0.05, 0.1) is 7.11 Å². The number of methoxy groups -OCH3 is 1. The van der Waals surface area contributed by atoms with Gasteiger partial charge in [0, 0.05) is 54.1 Å². The topological polar surface area (TPSA) is 41.7 Å². The molecule has 0 saturated carbocycles. The van der Waals surface area contributed by atoms with Gasteiger partial charge in [-0.15, -0.1) is 0 Å². The van der Waals surface area contributed by atoms with Crippen molar-refractivity contribution >= 4 is 28.3 Å². The minimum atomic E-state index is 0.0708. The molecular weight excluding hydrogens is 413 g/mol. The third kappa shape index (κ3) is 4.20. The van der Waals surface area contributed by atoms with Crippen LogP contribution in [0.3, 0.4) is 0 Å². The van der Waals surface area contributed by atoms with Gasteiger partial charge in [-0.3, -0.25) is 4.90 Å². The molecule has 24 heavy (non-hydrogen) atoms. The van der Waals surface area contributed by atoms with Gasteiger partial charge in [0.15, 0.2) is 0 Å². The maximum Gasteiger partial charge on any atom is 0.120 e. The molecule has 0 spiro atoms. The zero-order valence-electron chi connectivity index (χ0n) is 14.0. The summed E-state index contributed by atoms with van der Waals surface area (Å²) in [4.78, 5) is 4.88. The van der Waals surface area contributed by atoms with E-state index in [1.807, 2.05) is 12.1 Å². The summed E-state index contributed by atoms with van der Waals surface area (Å²) in [6, 6.07) is 16.7. The Morgan fingerprint density at radius 3 is 2.54 bits per heavy atom. The van der Waals surface area contributed by atoms with Crippen molar-refractivity contribution in [2.24, 2.45) is 5.73 Å². The molecule has 1 unspecified atom stereocenters. The smallest absolute Gasteiger partial charge is 0.120 e. The molecule has 2 aromatic carbocycles. The van der Waals surface area contributed by atoms with Gasteiger partial charge in [0.1, 0.15) is 5.75 Å². The normalized spacial score (nSPS) is 16.9. The number of hydrogen-bond donors (Lipinski definition) is 1. The first-order chi connectivity index (χ1) is 11.7. The van der Waals surface area contributed by atoms with Crippen molar-refractivity contribution in [1.29, 1.82) is 0 Å². The lowest BCUT2D eigenvalue weighted by Gasteiger charge is -2.37. The second-order valence-corrected chi connectivity index (χ2v) is 7.28. The number of nitrogens with two attached hydrogens (primary N) is 1. The highest BCUT2D eigenvalue weighted by atomic mass is 127. The largest absolute Gasteiger partial charge is 0.497 e. The number of hydrogen-bond acceptors (Lipinski definition) is 4. The number of rotatable bonds is 5. The number of nitrogens with zero attached hydrogens (tertiary/aromatic N) is 2. The number of halogens is 1. The van der Waals surface area contributed by atoms with E-state index in [2.05, 4.69) is 68.8 Å². The quantitative estimate of drug-likeness (QED) is 0.731. The molecule has 4 nitrogen and oxygen atoms in total. The third-order valence-corrected chi connectivity index (χ3v) is 5.53. The molecule has 128 valence electrons. The maximum atomic E-state index is 6.43. The van der Waals surface area contributed by atoms with E-state index in [9.17, 15) is 0 Å². The zero-order valence-corrected chi connectivity index (χ0v) is 16.1. The van der Waals surface area contributed by atoms with E-state index in [4.69, 9.17) is 10.5 Å². The van der Waals surface area contributed by atoms with Gasteiger partial charge in [0.25, 0.3) is 0 Å². The van der Waals surface area contributed by atoms with Crippen LogP contribution < -0.4 is 15.4 Å². The molecule has 2 aromatic rings. The molecule has 1 saturated heterocycles. The van der Waals surface area contributed by atoms with Crippen molar-refractivity contribution in [2.45, 2.75) is 6.04 Å². The van der Waals surface area contributed by atoms with E-state index < -0.39 is 0 Å². The van der Waals surface area contributed by atoms with Crippen molar-refractivity contribution in [1.82, 2.24) is 4.90 Å². The molecular formula is C19H24IN3O. The van der Waals surface area contributed by atoms with Gasteiger partial charge in [-0.1, -0.05) is 24.3 Å². The fraction of sp³-hybridized carbons (Fsp3) is 0.368. The molecule has 0 bridgehead atoms. The van der Waals surface area contributed by atoms with Crippen LogP contribution in [-0.4, -0.2) is 44.7 Å². The van der Waals surface area contributed by atoms with E-state index in [1.165, 1.54) is 14.8 Å². The lowest BCUT2D eigenvalue weighted by molar-refractivity contribution is 0.243. The fourth-order valence-corrected chi connectivity index (χ4v) is 3.94. The lowest BCUT2D eigenvalue weighted by Crippen LogP contribution is -2.48. The zero-order chi connectivity index (χ0) is 16.9. The van der Waals surface area contributed by atoms with Crippen LogP contribution in [-0.2, 0) is 0 Å². The summed E-state index contributed by atoms with van der Waals surface area (Å²) in [7, 11) is 1.71. The fourth-order valence-electron chi connectivity index (χ4n) is 3.15. The Morgan fingerprint density at radius 1 is 1.08 bits per heavy atom. The Labute approximate surface area is 157 Å². The highest BCUT2D eigenvalue weighted by Crippen LogP contribution is 2.23. The molecule has 1 aliphatic heterocycles. The summed E-state index contributed by atoms with van der Waals surface area (Å²) in [5.41, 5.74) is 8.91. The standard InChI is InChI=1S/C19H24IN3O/c1-24-16-6-4-5-15(13-16)23-11-9-22(10-12-23)14-19(21)17-7-2-3-8-18(17)20/h2-8,13,19H,9-12,14,21H2,1H3. The number of anilines is 1. The Bertz CT molecular complexity index is 671. The van der Waals surface area contributed by atoms with E-state index >= 15 is 0 Å². The lowest BCUT2D eigenvalue weighted by atomic mass is 10.1. The van der Waals surface area contributed by atoms with Crippen LogP contribution in [0, 0.1) is 3.57 Å². The van der Waals surface area contributed by atoms with Crippen molar-refractivity contribution in [3.05, 3.63) is 57.7 Å². The van der Waals surface area contributed by atoms with Crippen molar-refractivity contribution in [3.63, 3.8) is 0 Å². The molecule has 1 atom stereocenters. The van der Waals surface area contributed by atoms with Gasteiger partial charge in [-0.25, -0.2) is 0 Å². The number of piperazine rings is 1. The van der Waals surface area contributed by atoms with E-state index in [0.717, 1.165) is 38.5 Å². The van der Waals surface area contributed by atoms with Gasteiger partial charge in [-0.2, -0.15) is 0 Å². The molecule has 0 amide bonds. The highest BCUT2D eigenvalue weighted by Gasteiger charge is 2.20. The highest BCUT2D eigenvalue weighted by molar-refractivity contribution is 14.1. The Morgan fingerprint density at radius 2 is 1.83 bits per heavy atom. The molecule has 0 aliphatic carbocycles. The second-order valence-electron chi connectivity index (χ2n) is 6.12. The Hall–Kier alpha value is -1.31. The summed E-state index contributed by atoms with van der Waals surface area (Å²) in [5.74, 6) is 0.913. The maximum absolute atomic E-state index is 6.43. The molecule has 5 heteroatoms. The van der Waals surface area contributed by atoms with Crippen LogP contribution in [0.1, 0.15) is 11.6 Å². The molecule has 1 fully saturated rings. The van der Waals surface area contributed by atoms with Crippen LogP contribution >= 0.6 is 22.6 Å². The minimum absolute atomic E-state index is 0.0708. The summed E-state index contributed by atoms with van der Waals surface area (Å²) >= 11 is 2.37. The number of ether oxygens (including phenoxy) is 1. The van der Waals surface area contributed by atoms with Crippen LogP contribution in [0.25, 0.3) is 0 Å². The summed E-state index contributed by atoms with van der Waals surface area (Å²) in [6.45, 7) is 5.02. The minimum Gasteiger partial charge on any atom is -0.497 e. The van der Waals surface area contributed by atoms with Crippen molar-refractivity contribution in [3.8, 4) is 5.75 Å². The molecule has 1 heterocycles. The predicted molar refractivity (Wildman–Crippen MR) is 108 cm³/mol. The third-order valence-electron chi connectivity index (χ3n) is 4.55. The predicted octanol–water partition coefficient (Wildman–Crippen LogP) is 3.12.